The minimum Gasteiger partial charge on any atom is -0.507 e. The van der Waals surface area contributed by atoms with Crippen molar-refractivity contribution in [2.45, 2.75) is 50.8 Å². The predicted molar refractivity (Wildman–Crippen MR) is 130 cm³/mol. The number of aromatic nitrogens is 4. The summed E-state index contributed by atoms with van der Waals surface area (Å²) in [5.41, 5.74) is 5.90. The lowest BCUT2D eigenvalue weighted by atomic mass is 10.1. The molecule has 1 fully saturated rings. The van der Waals surface area contributed by atoms with Gasteiger partial charge in [-0.2, -0.15) is 13.1 Å². The van der Waals surface area contributed by atoms with E-state index in [-0.39, 0.29) is 29.0 Å². The number of fused-ring (bicyclic) bond motifs is 1. The van der Waals surface area contributed by atoms with E-state index in [2.05, 4.69) is 19.7 Å². The number of benzene rings is 1. The Kier molecular flexibility index (Phi) is 8.03. The maximum atomic E-state index is 15.7. The van der Waals surface area contributed by atoms with Crippen molar-refractivity contribution in [2.24, 2.45) is 0 Å². The molecule has 5 N–H and O–H groups in total. The number of ether oxygens (including phenoxy) is 2. The highest BCUT2D eigenvalue weighted by molar-refractivity contribution is 7.88. The van der Waals surface area contributed by atoms with Gasteiger partial charge in [0.25, 0.3) is 5.91 Å². The van der Waals surface area contributed by atoms with Crippen molar-refractivity contribution in [3.05, 3.63) is 42.5 Å². The minimum absolute atomic E-state index is 0.0389. The second-order valence-electron chi connectivity index (χ2n) is 8.45. The number of nitrogens with one attached hydrogen (secondary N) is 2. The molecular weight excluding hydrogens is 525 g/mol. The van der Waals surface area contributed by atoms with E-state index in [1.54, 1.807) is 4.72 Å². The average molecular weight is 552 g/mol. The van der Waals surface area contributed by atoms with Crippen molar-refractivity contribution in [3.63, 3.8) is 0 Å². The van der Waals surface area contributed by atoms with Crippen molar-refractivity contribution in [1.29, 1.82) is 0 Å². The molecule has 3 heterocycles. The quantitative estimate of drug-likeness (QED) is 0.259. The molecule has 4 rings (SSSR count). The summed E-state index contributed by atoms with van der Waals surface area (Å²) in [6.07, 6.45) is -2.42. The number of anilines is 1. The van der Waals surface area contributed by atoms with Crippen LogP contribution in [-0.4, -0.2) is 69.8 Å². The first-order valence-corrected chi connectivity index (χ1v) is 13.1. The normalized spacial score (nSPS) is 21.4. The van der Waals surface area contributed by atoms with Crippen LogP contribution >= 0.6 is 0 Å². The number of alkyl halides is 1. The highest BCUT2D eigenvalue weighted by atomic mass is 32.2. The zero-order chi connectivity index (χ0) is 27.4. The fourth-order valence-corrected chi connectivity index (χ4v) is 4.69. The number of imidazole rings is 1. The number of hydrogen-bond acceptors (Lipinski definition) is 11. The van der Waals surface area contributed by atoms with Gasteiger partial charge in [-0.3, -0.25) is 14.2 Å². The summed E-state index contributed by atoms with van der Waals surface area (Å²) in [6.45, 7) is 1.31. The Bertz CT molecular complexity index is 1430. The third kappa shape index (κ3) is 5.81. The molecule has 0 unspecified atom stereocenters. The van der Waals surface area contributed by atoms with Crippen LogP contribution in [0.15, 0.2) is 36.9 Å². The standard InChI is InChI=1S/C22H26FN7O7S/c1-2-3-8-15(32)37-18-14(9-28-38(34,35)29-21(33)12-6-4-5-7-13(12)31)36-22(16(18)23)30-11-27-17-19(24)25-10-26-20(17)30/h4-7,10-11,14,16,18,22,28,31H,2-3,8-9H2,1H3,(H,29,33)(H2,24,25,26)/t14-,16-,18-,22-/m1/s1. The number of nitrogen functional groups attached to an aromatic ring is 1. The summed E-state index contributed by atoms with van der Waals surface area (Å²) < 4.78 is 57.0. The van der Waals surface area contributed by atoms with E-state index in [0.717, 1.165) is 0 Å². The lowest BCUT2D eigenvalue weighted by molar-refractivity contribution is -0.153. The van der Waals surface area contributed by atoms with E-state index in [0.29, 0.717) is 12.8 Å². The molecule has 14 nitrogen and oxygen atoms in total. The molecule has 0 spiro atoms. The Morgan fingerprint density at radius 1 is 1.26 bits per heavy atom. The molecule has 38 heavy (non-hydrogen) atoms. The summed E-state index contributed by atoms with van der Waals surface area (Å²) in [5.74, 6) is -2.12. The fourth-order valence-electron chi connectivity index (χ4n) is 3.88. The number of carbonyl (C=O) groups is 2. The lowest BCUT2D eigenvalue weighted by Gasteiger charge is -2.20. The number of para-hydroxylation sites is 1. The van der Waals surface area contributed by atoms with Crippen LogP contribution in [0.5, 0.6) is 5.75 Å². The number of amides is 1. The Morgan fingerprint density at radius 2 is 2.03 bits per heavy atom. The van der Waals surface area contributed by atoms with Gasteiger partial charge in [-0.05, 0) is 18.6 Å². The number of unbranched alkanes of at least 4 members (excludes halogenated alkanes) is 1. The van der Waals surface area contributed by atoms with Crippen LogP contribution in [0, 0.1) is 0 Å². The second kappa shape index (κ2) is 11.2. The number of phenols is 1. The topological polar surface area (TPSA) is 201 Å². The molecule has 2 aromatic heterocycles. The van der Waals surface area contributed by atoms with Gasteiger partial charge in [0, 0.05) is 13.0 Å². The van der Waals surface area contributed by atoms with E-state index in [1.165, 1.54) is 41.5 Å². The van der Waals surface area contributed by atoms with E-state index in [4.69, 9.17) is 15.2 Å². The molecule has 0 aliphatic carbocycles. The molecule has 0 radical (unpaired) electrons. The zero-order valence-corrected chi connectivity index (χ0v) is 21.0. The number of rotatable bonds is 10. The van der Waals surface area contributed by atoms with Gasteiger partial charge >= 0.3 is 16.2 Å². The van der Waals surface area contributed by atoms with Crippen molar-refractivity contribution in [2.75, 3.05) is 12.3 Å². The van der Waals surface area contributed by atoms with Gasteiger partial charge in [0.2, 0.25) is 0 Å². The monoisotopic (exact) mass is 551 g/mol. The van der Waals surface area contributed by atoms with Crippen molar-refractivity contribution in [3.8, 4) is 5.75 Å². The van der Waals surface area contributed by atoms with Gasteiger partial charge < -0.3 is 20.3 Å². The number of carbonyl (C=O) groups excluding carboxylic acids is 2. The highest BCUT2D eigenvalue weighted by Gasteiger charge is 2.49. The molecule has 1 aromatic carbocycles. The molecule has 1 aliphatic rings. The number of hydrogen-bond donors (Lipinski definition) is 4. The van der Waals surface area contributed by atoms with Gasteiger partial charge in [0.1, 0.15) is 23.7 Å². The number of esters is 1. The molecule has 1 amide bonds. The van der Waals surface area contributed by atoms with E-state index >= 15 is 4.39 Å². The first-order chi connectivity index (χ1) is 18.1. The second-order valence-corrected chi connectivity index (χ2v) is 9.95. The van der Waals surface area contributed by atoms with Crippen LogP contribution in [0.1, 0.15) is 42.8 Å². The molecule has 1 aliphatic heterocycles. The highest BCUT2D eigenvalue weighted by Crippen LogP contribution is 2.36. The molecule has 3 aromatic rings. The molecule has 4 atom stereocenters. The number of nitrogens with two attached hydrogens (primary N) is 1. The van der Waals surface area contributed by atoms with Gasteiger partial charge in [0.05, 0.1) is 11.9 Å². The smallest absolute Gasteiger partial charge is 0.306 e. The third-order valence-electron chi connectivity index (χ3n) is 5.78. The number of aromatic hydroxyl groups is 1. The largest absolute Gasteiger partial charge is 0.507 e. The van der Waals surface area contributed by atoms with E-state index in [9.17, 15) is 23.1 Å². The fraction of sp³-hybridized carbons (Fsp3) is 0.409. The minimum atomic E-state index is -4.49. The summed E-state index contributed by atoms with van der Waals surface area (Å²) in [5, 5.41) is 9.79. The molecule has 0 bridgehead atoms. The summed E-state index contributed by atoms with van der Waals surface area (Å²) >= 11 is 0. The Labute approximate surface area is 216 Å². The maximum absolute atomic E-state index is 15.7. The Balaban J connectivity index is 1.52. The first-order valence-electron chi connectivity index (χ1n) is 11.6. The van der Waals surface area contributed by atoms with Crippen molar-refractivity contribution >= 4 is 39.1 Å². The van der Waals surface area contributed by atoms with Gasteiger partial charge in [0.15, 0.2) is 30.0 Å². The van der Waals surface area contributed by atoms with Crippen molar-refractivity contribution in [1.82, 2.24) is 29.0 Å². The Morgan fingerprint density at radius 3 is 2.76 bits per heavy atom. The molecular formula is C22H26FN7O7S. The van der Waals surface area contributed by atoms with Crippen molar-refractivity contribution < 1.29 is 37.0 Å². The Hall–Kier alpha value is -3.89. The van der Waals surface area contributed by atoms with Crippen LogP contribution in [0.2, 0.25) is 0 Å². The van der Waals surface area contributed by atoms with E-state index in [1.807, 2.05) is 6.92 Å². The number of nitrogens with zero attached hydrogens (tertiary/aromatic N) is 4. The van der Waals surface area contributed by atoms with Crippen LogP contribution < -0.4 is 15.2 Å². The van der Waals surface area contributed by atoms with Crippen LogP contribution in [0.25, 0.3) is 11.2 Å². The summed E-state index contributed by atoms with van der Waals surface area (Å²) in [4.78, 5) is 36.6. The third-order valence-corrected chi connectivity index (χ3v) is 6.78. The number of phenolic OH excluding ortho intramolecular Hbond substituents is 1. The maximum Gasteiger partial charge on any atom is 0.306 e. The molecule has 16 heteroatoms. The molecule has 1 saturated heterocycles. The number of halogens is 1. The lowest BCUT2D eigenvalue weighted by Crippen LogP contribution is -2.46. The van der Waals surface area contributed by atoms with Gasteiger partial charge in [-0.25, -0.2) is 24.1 Å². The molecule has 0 saturated carbocycles. The summed E-state index contributed by atoms with van der Waals surface area (Å²) in [6, 6.07) is 5.36. The average Bonchev–Trinajstić information content (AvgIpc) is 3.43. The van der Waals surface area contributed by atoms with Gasteiger partial charge in [-0.15, -0.1) is 0 Å². The summed E-state index contributed by atoms with van der Waals surface area (Å²) in [7, 11) is -4.49. The zero-order valence-electron chi connectivity index (χ0n) is 20.2. The SMILES string of the molecule is CCCCC(=O)O[C@H]1[C@@H](F)[C@H](n2cnc3c(N)ncnc32)O[C@@H]1CNS(=O)(=O)NC(=O)c1ccccc1O. The van der Waals surface area contributed by atoms with Gasteiger partial charge in [-0.1, -0.05) is 25.5 Å². The molecule has 204 valence electrons. The van der Waals surface area contributed by atoms with E-state index < -0.39 is 59.0 Å². The van der Waals surface area contributed by atoms with Crippen LogP contribution in [0.4, 0.5) is 10.2 Å². The van der Waals surface area contributed by atoms with Crippen LogP contribution in [0.3, 0.4) is 0 Å². The predicted octanol–water partition coefficient (Wildman–Crippen LogP) is 0.716. The van der Waals surface area contributed by atoms with Crippen LogP contribution in [-0.2, 0) is 24.5 Å². The first kappa shape index (κ1) is 27.2.